The van der Waals surface area contributed by atoms with Gasteiger partial charge in [0.15, 0.2) is 12.4 Å². The number of H-pyrrole nitrogens is 2. The van der Waals surface area contributed by atoms with E-state index in [9.17, 15) is 19.5 Å². The predicted molar refractivity (Wildman–Crippen MR) is 114 cm³/mol. The van der Waals surface area contributed by atoms with Gasteiger partial charge in [0, 0.05) is 35.3 Å². The molecule has 0 bridgehead atoms. The number of aromatic amines is 2. The van der Waals surface area contributed by atoms with Crippen LogP contribution in [0.25, 0.3) is 5.76 Å². The van der Waals surface area contributed by atoms with Crippen molar-refractivity contribution in [2.24, 2.45) is 0 Å². The van der Waals surface area contributed by atoms with Gasteiger partial charge in [0.05, 0.1) is 19.7 Å². The third-order valence-electron chi connectivity index (χ3n) is 5.71. The molecule has 1 aliphatic rings. The lowest BCUT2D eigenvalue weighted by atomic mass is 9.95. The fourth-order valence-corrected chi connectivity index (χ4v) is 4.17. The molecule has 9 nitrogen and oxygen atoms in total. The molecule has 2 N–H and O–H groups in total. The Bertz CT molecular complexity index is 1260. The van der Waals surface area contributed by atoms with E-state index in [1.165, 1.54) is 18.2 Å². The number of likely N-dealkylation sites (tertiary alicyclic amines) is 1. The van der Waals surface area contributed by atoms with E-state index in [4.69, 9.17) is 4.74 Å². The van der Waals surface area contributed by atoms with Gasteiger partial charge >= 0.3 is 5.97 Å². The molecule has 1 fully saturated rings. The zero-order chi connectivity index (χ0) is 23.7. The SMILES string of the molecule is COC(=O)c1[nH]c(C)c(/C([O-])=C2\C(=O)C(=O)N(Cc3ccc[nH+]c3)C2c2cccnc2)c1C. The van der Waals surface area contributed by atoms with Crippen LogP contribution < -0.4 is 10.1 Å². The Morgan fingerprint density at radius 3 is 2.70 bits per heavy atom. The summed E-state index contributed by atoms with van der Waals surface area (Å²) in [5.41, 5.74) is 2.21. The number of rotatable bonds is 5. The maximum atomic E-state index is 13.7. The molecule has 1 saturated heterocycles. The topological polar surface area (TPSA) is 130 Å². The molecule has 0 aromatic carbocycles. The van der Waals surface area contributed by atoms with E-state index in [0.29, 0.717) is 16.8 Å². The van der Waals surface area contributed by atoms with Gasteiger partial charge in [0.25, 0.3) is 5.91 Å². The van der Waals surface area contributed by atoms with Crippen LogP contribution in [0.5, 0.6) is 0 Å². The van der Waals surface area contributed by atoms with Crippen molar-refractivity contribution in [3.05, 3.63) is 88.3 Å². The standard InChI is InChI=1S/C24H22N4O5/c1-13-17(14(2)27-19(13)24(32)33-3)21(29)18-20(16-7-5-9-26-11-16)28(23(31)22(18)30)12-15-6-4-8-25-10-15/h4-11,20,27,29H,12H2,1-3H3/b21-18+. The largest absolute Gasteiger partial charge is 0.872 e. The molecule has 3 aromatic rings. The van der Waals surface area contributed by atoms with E-state index in [2.05, 4.69) is 15.0 Å². The molecule has 4 rings (SSSR count). The lowest BCUT2D eigenvalue weighted by Gasteiger charge is -2.27. The normalized spacial score (nSPS) is 17.4. The number of carbonyl (C=O) groups excluding carboxylic acids is 3. The van der Waals surface area contributed by atoms with Gasteiger partial charge in [-0.1, -0.05) is 11.8 Å². The molecule has 0 radical (unpaired) electrons. The summed E-state index contributed by atoms with van der Waals surface area (Å²) in [6, 6.07) is 6.09. The molecule has 0 saturated carbocycles. The summed E-state index contributed by atoms with van der Waals surface area (Å²) in [7, 11) is 1.24. The number of aryl methyl sites for hydroxylation is 1. The molecular formula is C24H22N4O5. The first-order valence-corrected chi connectivity index (χ1v) is 10.2. The number of aromatic nitrogens is 3. The molecule has 168 valence electrons. The molecule has 1 aliphatic heterocycles. The van der Waals surface area contributed by atoms with E-state index in [1.807, 2.05) is 6.07 Å². The summed E-state index contributed by atoms with van der Waals surface area (Å²) in [5, 5.41) is 13.7. The Labute approximate surface area is 189 Å². The monoisotopic (exact) mass is 446 g/mol. The Morgan fingerprint density at radius 2 is 2.06 bits per heavy atom. The average Bonchev–Trinajstić information content (AvgIpc) is 3.27. The number of nitrogens with zero attached hydrogens (tertiary/aromatic N) is 2. The number of Topliss-reactive ketones (excluding diaryl/α,β-unsaturated/α-hetero) is 1. The van der Waals surface area contributed by atoms with E-state index in [1.54, 1.807) is 50.6 Å². The van der Waals surface area contributed by atoms with Crippen LogP contribution >= 0.6 is 0 Å². The Balaban J connectivity index is 1.90. The molecule has 1 unspecified atom stereocenters. The highest BCUT2D eigenvalue weighted by Crippen LogP contribution is 2.40. The van der Waals surface area contributed by atoms with Crippen molar-refractivity contribution >= 4 is 23.4 Å². The number of esters is 1. The number of ketones is 1. The Hall–Kier alpha value is -4.27. The zero-order valence-corrected chi connectivity index (χ0v) is 18.3. The van der Waals surface area contributed by atoms with E-state index >= 15 is 0 Å². The molecule has 33 heavy (non-hydrogen) atoms. The molecule has 3 aromatic heterocycles. The van der Waals surface area contributed by atoms with Gasteiger partial charge in [-0.25, -0.2) is 9.78 Å². The van der Waals surface area contributed by atoms with Gasteiger partial charge < -0.3 is 19.7 Å². The lowest BCUT2D eigenvalue weighted by molar-refractivity contribution is -0.378. The first-order chi connectivity index (χ1) is 15.8. The number of ether oxygens (including phenoxy) is 1. The molecular weight excluding hydrogens is 424 g/mol. The van der Waals surface area contributed by atoms with Gasteiger partial charge in [0.1, 0.15) is 5.69 Å². The third-order valence-corrected chi connectivity index (χ3v) is 5.71. The summed E-state index contributed by atoms with van der Waals surface area (Å²) < 4.78 is 4.77. The number of nitrogens with one attached hydrogen (secondary N) is 2. The minimum absolute atomic E-state index is 0.122. The summed E-state index contributed by atoms with van der Waals surface area (Å²) in [5.74, 6) is -2.87. The van der Waals surface area contributed by atoms with Crippen LogP contribution in [0.1, 0.15) is 44.5 Å². The first-order valence-electron chi connectivity index (χ1n) is 10.2. The van der Waals surface area contributed by atoms with Gasteiger partial charge in [-0.15, -0.1) is 0 Å². The molecule has 1 amide bonds. The maximum absolute atomic E-state index is 13.7. The minimum Gasteiger partial charge on any atom is -0.872 e. The lowest BCUT2D eigenvalue weighted by Crippen LogP contribution is -2.29. The van der Waals surface area contributed by atoms with E-state index < -0.39 is 29.5 Å². The van der Waals surface area contributed by atoms with Crippen LogP contribution in [-0.2, 0) is 20.9 Å². The zero-order valence-electron chi connectivity index (χ0n) is 18.3. The number of carbonyl (C=O) groups is 3. The van der Waals surface area contributed by atoms with Gasteiger partial charge in [-0.05, 0) is 42.7 Å². The van der Waals surface area contributed by atoms with Crippen LogP contribution in [0, 0.1) is 13.8 Å². The van der Waals surface area contributed by atoms with Crippen molar-refractivity contribution in [3.63, 3.8) is 0 Å². The van der Waals surface area contributed by atoms with Crippen LogP contribution in [0.4, 0.5) is 0 Å². The highest BCUT2D eigenvalue weighted by atomic mass is 16.5. The minimum atomic E-state index is -0.915. The number of pyridine rings is 2. The summed E-state index contributed by atoms with van der Waals surface area (Å²) in [6.45, 7) is 3.35. The number of hydrogen-bond acceptors (Lipinski definition) is 6. The van der Waals surface area contributed by atoms with Crippen molar-refractivity contribution in [2.75, 3.05) is 7.11 Å². The maximum Gasteiger partial charge on any atom is 0.354 e. The highest BCUT2D eigenvalue weighted by molar-refractivity contribution is 6.46. The van der Waals surface area contributed by atoms with Crippen LogP contribution in [0.3, 0.4) is 0 Å². The number of methoxy groups -OCH3 is 1. The summed E-state index contributed by atoms with van der Waals surface area (Å²) >= 11 is 0. The third kappa shape index (κ3) is 3.78. The van der Waals surface area contributed by atoms with Gasteiger partial charge in [-0.2, -0.15) is 0 Å². The fourth-order valence-electron chi connectivity index (χ4n) is 4.17. The van der Waals surface area contributed by atoms with Crippen molar-refractivity contribution in [2.45, 2.75) is 26.4 Å². The first kappa shape index (κ1) is 21.9. The van der Waals surface area contributed by atoms with Crippen molar-refractivity contribution < 1.29 is 29.2 Å². The second-order valence-corrected chi connectivity index (χ2v) is 7.72. The number of amides is 1. The van der Waals surface area contributed by atoms with Crippen LogP contribution in [0.15, 0.2) is 54.6 Å². The second-order valence-electron chi connectivity index (χ2n) is 7.72. The Morgan fingerprint density at radius 1 is 1.27 bits per heavy atom. The van der Waals surface area contributed by atoms with Gasteiger partial charge in [0.2, 0.25) is 5.78 Å². The Kier molecular flexibility index (Phi) is 5.78. The van der Waals surface area contributed by atoms with E-state index in [0.717, 1.165) is 5.56 Å². The van der Waals surface area contributed by atoms with Gasteiger partial charge in [-0.3, -0.25) is 14.6 Å². The van der Waals surface area contributed by atoms with E-state index in [-0.39, 0.29) is 23.4 Å². The van der Waals surface area contributed by atoms with Crippen LogP contribution in [-0.4, -0.2) is 39.6 Å². The van der Waals surface area contributed by atoms with Crippen molar-refractivity contribution in [1.29, 1.82) is 0 Å². The quantitative estimate of drug-likeness (QED) is 0.270. The molecule has 9 heteroatoms. The van der Waals surface area contributed by atoms with Crippen molar-refractivity contribution in [3.8, 4) is 0 Å². The predicted octanol–water partition coefficient (Wildman–Crippen LogP) is 1.05. The van der Waals surface area contributed by atoms with Crippen molar-refractivity contribution in [1.82, 2.24) is 14.9 Å². The molecule has 4 heterocycles. The highest BCUT2D eigenvalue weighted by Gasteiger charge is 2.44. The molecule has 1 atom stereocenters. The van der Waals surface area contributed by atoms with Crippen LogP contribution in [0.2, 0.25) is 0 Å². The number of hydrogen-bond donors (Lipinski definition) is 1. The second kappa shape index (κ2) is 8.70. The summed E-state index contributed by atoms with van der Waals surface area (Å²) in [4.78, 5) is 49.6. The molecule has 0 spiro atoms. The molecule has 0 aliphatic carbocycles. The smallest absolute Gasteiger partial charge is 0.354 e. The fraction of sp³-hybridized carbons (Fsp3) is 0.208. The average molecular weight is 446 g/mol. The summed E-state index contributed by atoms with van der Waals surface area (Å²) in [6.07, 6.45) is 6.56.